The Labute approximate surface area is 144 Å². The Morgan fingerprint density at radius 1 is 1.04 bits per heavy atom. The Hall–Kier alpha value is -3.41. The summed E-state index contributed by atoms with van der Waals surface area (Å²) in [6.07, 6.45) is 1.58. The van der Waals surface area contributed by atoms with Gasteiger partial charge in [-0.15, -0.1) is 0 Å². The number of anilines is 3. The first-order chi connectivity index (χ1) is 12.2. The van der Waals surface area contributed by atoms with Gasteiger partial charge in [0.1, 0.15) is 17.4 Å². The Balaban J connectivity index is 1.83. The molecule has 1 amide bonds. The number of amides is 1. The lowest BCUT2D eigenvalue weighted by Gasteiger charge is -2.12. The molecule has 5 nitrogen and oxygen atoms in total. The fourth-order valence-electron chi connectivity index (χ4n) is 2.29. The first kappa shape index (κ1) is 16.4. The molecule has 0 atom stereocenters. The molecular formula is C19H16FN3O2. The number of halogens is 1. The molecular weight excluding hydrogens is 321 g/mol. The molecule has 0 aliphatic carbocycles. The lowest BCUT2D eigenvalue weighted by Crippen LogP contribution is -2.14. The number of nitrogens with one attached hydrogen (secondary N) is 2. The Kier molecular flexibility index (Phi) is 4.89. The van der Waals surface area contributed by atoms with Crippen molar-refractivity contribution < 1.29 is 13.9 Å². The van der Waals surface area contributed by atoms with E-state index < -0.39 is 5.82 Å². The molecule has 0 aliphatic heterocycles. The molecule has 3 rings (SSSR count). The minimum Gasteiger partial charge on any atom is -0.497 e. The van der Waals surface area contributed by atoms with Gasteiger partial charge < -0.3 is 15.4 Å². The average molecular weight is 337 g/mol. The zero-order chi connectivity index (χ0) is 17.6. The summed E-state index contributed by atoms with van der Waals surface area (Å²) in [6.45, 7) is 0. The van der Waals surface area contributed by atoms with Crippen LogP contribution in [0.2, 0.25) is 0 Å². The quantitative estimate of drug-likeness (QED) is 0.731. The van der Waals surface area contributed by atoms with Crippen molar-refractivity contribution in [3.05, 3.63) is 78.2 Å². The summed E-state index contributed by atoms with van der Waals surface area (Å²) in [4.78, 5) is 16.7. The lowest BCUT2D eigenvalue weighted by atomic mass is 10.2. The van der Waals surface area contributed by atoms with E-state index in [1.54, 1.807) is 37.6 Å². The minimum absolute atomic E-state index is 0.342. The van der Waals surface area contributed by atoms with Gasteiger partial charge in [0.25, 0.3) is 5.91 Å². The van der Waals surface area contributed by atoms with Crippen molar-refractivity contribution in [1.29, 1.82) is 0 Å². The van der Waals surface area contributed by atoms with Gasteiger partial charge in [-0.05, 0) is 42.5 Å². The van der Waals surface area contributed by atoms with Gasteiger partial charge in [0.2, 0.25) is 0 Å². The van der Waals surface area contributed by atoms with Crippen LogP contribution in [0.5, 0.6) is 5.75 Å². The number of ether oxygens (including phenoxy) is 1. The molecule has 0 radical (unpaired) electrons. The zero-order valence-electron chi connectivity index (χ0n) is 13.5. The van der Waals surface area contributed by atoms with E-state index in [2.05, 4.69) is 15.6 Å². The van der Waals surface area contributed by atoms with E-state index in [4.69, 9.17) is 4.74 Å². The van der Waals surface area contributed by atoms with Crippen molar-refractivity contribution >= 4 is 23.1 Å². The Morgan fingerprint density at radius 2 is 1.84 bits per heavy atom. The van der Waals surface area contributed by atoms with Crippen molar-refractivity contribution in [2.75, 3.05) is 17.7 Å². The molecule has 0 saturated heterocycles. The molecule has 0 saturated carbocycles. The highest BCUT2D eigenvalue weighted by Crippen LogP contribution is 2.23. The van der Waals surface area contributed by atoms with E-state index in [0.717, 1.165) is 5.69 Å². The molecule has 1 aromatic heterocycles. The number of hydrogen-bond donors (Lipinski definition) is 2. The fourth-order valence-corrected chi connectivity index (χ4v) is 2.29. The second-order valence-corrected chi connectivity index (χ2v) is 5.22. The molecule has 0 bridgehead atoms. The molecule has 2 aromatic carbocycles. The summed E-state index contributed by atoms with van der Waals surface area (Å²) in [6, 6.07) is 16.3. The van der Waals surface area contributed by atoms with Gasteiger partial charge in [-0.3, -0.25) is 4.79 Å². The second kappa shape index (κ2) is 7.44. The number of rotatable bonds is 5. The molecule has 25 heavy (non-hydrogen) atoms. The van der Waals surface area contributed by atoms with Gasteiger partial charge >= 0.3 is 0 Å². The van der Waals surface area contributed by atoms with Crippen LogP contribution in [0.4, 0.5) is 21.6 Å². The number of methoxy groups -OCH3 is 1. The van der Waals surface area contributed by atoms with Gasteiger partial charge in [0, 0.05) is 23.6 Å². The average Bonchev–Trinajstić information content (AvgIpc) is 2.62. The van der Waals surface area contributed by atoms with Crippen LogP contribution < -0.4 is 15.4 Å². The second-order valence-electron chi connectivity index (χ2n) is 5.22. The number of carbonyl (C=O) groups excluding carboxylic acids is 1. The van der Waals surface area contributed by atoms with Gasteiger partial charge in [-0.25, -0.2) is 9.37 Å². The van der Waals surface area contributed by atoms with Crippen LogP contribution in [0, 0.1) is 5.82 Å². The number of pyridine rings is 1. The summed E-state index contributed by atoms with van der Waals surface area (Å²) in [5.74, 6) is 0.277. The standard InChI is InChI=1S/C19H16FN3O2/c1-25-16-8-3-7-15(12-16)22-18-17(9-4-10-21-18)19(24)23-14-6-2-5-13(20)11-14/h2-12H,1H3,(H,21,22)(H,23,24). The number of carbonyl (C=O) groups is 1. The molecule has 0 spiro atoms. The van der Waals surface area contributed by atoms with Gasteiger partial charge in [0.05, 0.1) is 12.7 Å². The van der Waals surface area contributed by atoms with Crippen LogP contribution in [0.3, 0.4) is 0 Å². The van der Waals surface area contributed by atoms with E-state index in [1.807, 2.05) is 18.2 Å². The predicted molar refractivity (Wildman–Crippen MR) is 94.9 cm³/mol. The molecule has 3 aromatic rings. The van der Waals surface area contributed by atoms with Crippen molar-refractivity contribution in [3.8, 4) is 5.75 Å². The van der Waals surface area contributed by atoms with Crippen LogP contribution in [0.15, 0.2) is 66.9 Å². The predicted octanol–water partition coefficient (Wildman–Crippen LogP) is 4.23. The smallest absolute Gasteiger partial charge is 0.259 e. The van der Waals surface area contributed by atoms with Gasteiger partial charge in [-0.2, -0.15) is 0 Å². The molecule has 126 valence electrons. The largest absolute Gasteiger partial charge is 0.497 e. The molecule has 0 fully saturated rings. The molecule has 6 heteroatoms. The van der Waals surface area contributed by atoms with Crippen molar-refractivity contribution in [3.63, 3.8) is 0 Å². The Bertz CT molecular complexity index is 899. The topological polar surface area (TPSA) is 63.2 Å². The van der Waals surface area contributed by atoms with Crippen LogP contribution in [0.25, 0.3) is 0 Å². The zero-order valence-corrected chi connectivity index (χ0v) is 13.5. The van der Waals surface area contributed by atoms with Gasteiger partial charge in [0.15, 0.2) is 0 Å². The van der Waals surface area contributed by atoms with Crippen LogP contribution in [0.1, 0.15) is 10.4 Å². The van der Waals surface area contributed by atoms with E-state index in [0.29, 0.717) is 22.8 Å². The summed E-state index contributed by atoms with van der Waals surface area (Å²) < 4.78 is 18.5. The van der Waals surface area contributed by atoms with Crippen LogP contribution >= 0.6 is 0 Å². The summed E-state index contributed by atoms with van der Waals surface area (Å²) in [7, 11) is 1.58. The SMILES string of the molecule is COc1cccc(Nc2ncccc2C(=O)Nc2cccc(F)c2)c1. The third kappa shape index (κ3) is 4.11. The number of aromatic nitrogens is 1. The Morgan fingerprint density at radius 3 is 2.64 bits per heavy atom. The fraction of sp³-hybridized carbons (Fsp3) is 0.0526. The summed E-state index contributed by atoms with van der Waals surface area (Å²) >= 11 is 0. The van der Waals surface area contributed by atoms with Crippen molar-refractivity contribution in [2.45, 2.75) is 0 Å². The summed E-state index contributed by atoms with van der Waals surface area (Å²) in [5.41, 5.74) is 1.45. The molecule has 0 aliphatic rings. The lowest BCUT2D eigenvalue weighted by molar-refractivity contribution is 0.102. The maximum Gasteiger partial charge on any atom is 0.259 e. The van der Waals surface area contributed by atoms with Crippen LogP contribution in [-0.2, 0) is 0 Å². The summed E-state index contributed by atoms with van der Waals surface area (Å²) in [5, 5.41) is 5.76. The minimum atomic E-state index is -0.418. The van der Waals surface area contributed by atoms with Crippen molar-refractivity contribution in [2.24, 2.45) is 0 Å². The molecule has 1 heterocycles. The number of benzene rings is 2. The van der Waals surface area contributed by atoms with E-state index in [1.165, 1.54) is 18.2 Å². The van der Waals surface area contributed by atoms with Crippen LogP contribution in [-0.4, -0.2) is 18.0 Å². The third-order valence-electron chi connectivity index (χ3n) is 3.47. The number of hydrogen-bond acceptors (Lipinski definition) is 4. The van der Waals surface area contributed by atoms with E-state index in [9.17, 15) is 9.18 Å². The highest BCUT2D eigenvalue weighted by atomic mass is 19.1. The van der Waals surface area contributed by atoms with E-state index in [-0.39, 0.29) is 5.91 Å². The maximum absolute atomic E-state index is 13.3. The highest BCUT2D eigenvalue weighted by Gasteiger charge is 2.13. The monoisotopic (exact) mass is 337 g/mol. The van der Waals surface area contributed by atoms with E-state index >= 15 is 0 Å². The third-order valence-corrected chi connectivity index (χ3v) is 3.47. The highest BCUT2D eigenvalue weighted by molar-refractivity contribution is 6.07. The normalized spacial score (nSPS) is 10.2. The maximum atomic E-state index is 13.3. The van der Waals surface area contributed by atoms with Crippen molar-refractivity contribution in [1.82, 2.24) is 4.98 Å². The van der Waals surface area contributed by atoms with Gasteiger partial charge in [-0.1, -0.05) is 12.1 Å². The number of nitrogens with zero attached hydrogens (tertiary/aromatic N) is 1. The first-order valence-corrected chi connectivity index (χ1v) is 7.59. The first-order valence-electron chi connectivity index (χ1n) is 7.59. The molecule has 0 unspecified atom stereocenters. The molecule has 2 N–H and O–H groups in total.